The number of sulfonamides is 1. The molecule has 0 radical (unpaired) electrons. The van der Waals surface area contributed by atoms with Crippen LogP contribution in [-0.2, 0) is 10.0 Å². The van der Waals surface area contributed by atoms with Gasteiger partial charge in [-0.1, -0.05) is 0 Å². The maximum Gasteiger partial charge on any atom is 0.241 e. The van der Waals surface area contributed by atoms with E-state index < -0.39 is 10.0 Å². The van der Waals surface area contributed by atoms with E-state index in [1.54, 1.807) is 6.07 Å². The number of rotatable bonds is 3. The lowest BCUT2D eigenvalue weighted by atomic mass is 10.3. The van der Waals surface area contributed by atoms with Crippen molar-refractivity contribution in [3.05, 3.63) is 15.8 Å². The minimum absolute atomic E-state index is 0.0320. The van der Waals surface area contributed by atoms with Crippen molar-refractivity contribution in [3.63, 3.8) is 0 Å². The molecule has 0 bridgehead atoms. The fraction of sp³-hybridized carbons (Fsp3) is 0.600. The molecule has 90 valence electrons. The molecule has 1 fully saturated rings. The minimum atomic E-state index is -3.33. The summed E-state index contributed by atoms with van der Waals surface area (Å²) in [6.45, 7) is 5.38. The van der Waals surface area contributed by atoms with Crippen molar-refractivity contribution in [3.8, 4) is 0 Å². The van der Waals surface area contributed by atoms with E-state index in [1.807, 2.05) is 13.8 Å². The molecule has 0 spiro atoms. The summed E-state index contributed by atoms with van der Waals surface area (Å²) in [6, 6.07) is 1.77. The van der Waals surface area contributed by atoms with Gasteiger partial charge in [0.25, 0.3) is 0 Å². The van der Waals surface area contributed by atoms with Crippen molar-refractivity contribution in [1.29, 1.82) is 0 Å². The third-order valence-corrected chi connectivity index (χ3v) is 5.41. The molecule has 2 N–H and O–H groups in total. The van der Waals surface area contributed by atoms with Gasteiger partial charge in [-0.2, -0.15) is 0 Å². The molecule has 0 aliphatic carbocycles. The SMILES string of the molecule is Cc1cc(S(=O)(=O)N[C@@H]2CCNC2)c(C)s1. The Bertz CT molecular complexity index is 473. The van der Waals surface area contributed by atoms with Gasteiger partial charge >= 0.3 is 0 Å². The average Bonchev–Trinajstić information content (AvgIpc) is 2.75. The summed E-state index contributed by atoms with van der Waals surface area (Å²) in [5.41, 5.74) is 0. The van der Waals surface area contributed by atoms with Gasteiger partial charge in [-0.15, -0.1) is 11.3 Å². The lowest BCUT2D eigenvalue weighted by Gasteiger charge is -2.11. The van der Waals surface area contributed by atoms with E-state index in [0.29, 0.717) is 4.90 Å². The van der Waals surface area contributed by atoms with Gasteiger partial charge in [0.1, 0.15) is 0 Å². The first-order valence-electron chi connectivity index (χ1n) is 5.29. The number of aryl methyl sites for hydroxylation is 2. The quantitative estimate of drug-likeness (QED) is 0.852. The predicted octanol–water partition coefficient (Wildman–Crippen LogP) is 1.01. The van der Waals surface area contributed by atoms with E-state index in [1.165, 1.54) is 11.3 Å². The maximum atomic E-state index is 12.1. The van der Waals surface area contributed by atoms with Crippen LogP contribution in [0.25, 0.3) is 0 Å². The van der Waals surface area contributed by atoms with Crippen molar-refractivity contribution in [1.82, 2.24) is 10.0 Å². The van der Waals surface area contributed by atoms with Crippen LogP contribution in [0.2, 0.25) is 0 Å². The van der Waals surface area contributed by atoms with E-state index in [2.05, 4.69) is 10.0 Å². The molecular formula is C10H16N2O2S2. The lowest BCUT2D eigenvalue weighted by molar-refractivity contribution is 0.560. The highest BCUT2D eigenvalue weighted by Crippen LogP contribution is 2.25. The van der Waals surface area contributed by atoms with Crippen molar-refractivity contribution in [2.24, 2.45) is 0 Å². The Morgan fingerprint density at radius 1 is 1.50 bits per heavy atom. The Balaban J connectivity index is 2.21. The normalized spacial score (nSPS) is 21.5. The van der Waals surface area contributed by atoms with Gasteiger partial charge in [-0.05, 0) is 32.9 Å². The highest BCUT2D eigenvalue weighted by atomic mass is 32.2. The van der Waals surface area contributed by atoms with Crippen LogP contribution in [0.3, 0.4) is 0 Å². The molecule has 1 aromatic heterocycles. The van der Waals surface area contributed by atoms with Crippen molar-refractivity contribution >= 4 is 21.4 Å². The van der Waals surface area contributed by atoms with Crippen LogP contribution in [0.4, 0.5) is 0 Å². The molecule has 0 aromatic carbocycles. The van der Waals surface area contributed by atoms with Crippen LogP contribution < -0.4 is 10.0 Å². The lowest BCUT2D eigenvalue weighted by Crippen LogP contribution is -2.36. The standard InChI is InChI=1S/C10H16N2O2S2/c1-7-5-10(8(2)15-7)16(13,14)12-9-3-4-11-6-9/h5,9,11-12H,3-4,6H2,1-2H3/t9-/m1/s1. The van der Waals surface area contributed by atoms with Crippen molar-refractivity contribution < 1.29 is 8.42 Å². The zero-order valence-corrected chi connectivity index (χ0v) is 11.0. The molecule has 1 aromatic rings. The Morgan fingerprint density at radius 3 is 2.75 bits per heavy atom. The largest absolute Gasteiger partial charge is 0.315 e. The summed E-state index contributed by atoms with van der Waals surface area (Å²) >= 11 is 1.52. The van der Waals surface area contributed by atoms with E-state index in [0.717, 1.165) is 29.3 Å². The molecule has 6 heteroatoms. The van der Waals surface area contributed by atoms with E-state index in [-0.39, 0.29) is 6.04 Å². The summed E-state index contributed by atoms with van der Waals surface area (Å²) in [5.74, 6) is 0. The fourth-order valence-electron chi connectivity index (χ4n) is 1.91. The topological polar surface area (TPSA) is 58.2 Å². The van der Waals surface area contributed by atoms with Crippen molar-refractivity contribution in [2.75, 3.05) is 13.1 Å². The molecule has 2 rings (SSSR count). The first kappa shape index (κ1) is 12.0. The second-order valence-corrected chi connectivity index (χ2v) is 7.23. The Hall–Kier alpha value is -0.430. The maximum absolute atomic E-state index is 12.1. The van der Waals surface area contributed by atoms with E-state index >= 15 is 0 Å². The summed E-state index contributed by atoms with van der Waals surface area (Å²) in [6.07, 6.45) is 0.862. The number of thiophene rings is 1. The highest BCUT2D eigenvalue weighted by molar-refractivity contribution is 7.89. The Morgan fingerprint density at radius 2 is 2.25 bits per heavy atom. The average molecular weight is 260 g/mol. The second kappa shape index (κ2) is 4.44. The van der Waals surface area contributed by atoms with Gasteiger partial charge in [0.05, 0.1) is 4.90 Å². The summed E-state index contributed by atoms with van der Waals surface area (Å²) in [7, 11) is -3.33. The summed E-state index contributed by atoms with van der Waals surface area (Å²) < 4.78 is 26.9. The van der Waals surface area contributed by atoms with E-state index in [4.69, 9.17) is 0 Å². The molecule has 0 unspecified atom stereocenters. The molecule has 1 atom stereocenters. The minimum Gasteiger partial charge on any atom is -0.315 e. The zero-order valence-electron chi connectivity index (χ0n) is 9.41. The third kappa shape index (κ3) is 2.45. The Kier molecular flexibility index (Phi) is 3.34. The van der Waals surface area contributed by atoms with Gasteiger partial charge < -0.3 is 5.32 Å². The molecule has 2 heterocycles. The summed E-state index contributed by atoms with van der Waals surface area (Å²) in [5, 5.41) is 3.14. The highest BCUT2D eigenvalue weighted by Gasteiger charge is 2.24. The summed E-state index contributed by atoms with van der Waals surface area (Å²) in [4.78, 5) is 2.32. The molecule has 1 saturated heterocycles. The third-order valence-electron chi connectivity index (χ3n) is 2.67. The monoisotopic (exact) mass is 260 g/mol. The van der Waals surface area contributed by atoms with Gasteiger partial charge in [0.15, 0.2) is 0 Å². The number of hydrogen-bond donors (Lipinski definition) is 2. The van der Waals surface area contributed by atoms with Gasteiger partial charge in [-0.25, -0.2) is 13.1 Å². The predicted molar refractivity (Wildman–Crippen MR) is 65.4 cm³/mol. The van der Waals surface area contributed by atoms with Gasteiger partial charge in [-0.3, -0.25) is 0 Å². The van der Waals surface area contributed by atoms with E-state index in [9.17, 15) is 8.42 Å². The van der Waals surface area contributed by atoms with Gasteiger partial charge in [0, 0.05) is 22.3 Å². The van der Waals surface area contributed by atoms with Crippen LogP contribution in [0.15, 0.2) is 11.0 Å². The smallest absolute Gasteiger partial charge is 0.241 e. The molecule has 1 aliphatic rings. The molecule has 16 heavy (non-hydrogen) atoms. The zero-order chi connectivity index (χ0) is 11.8. The molecule has 0 saturated carbocycles. The van der Waals surface area contributed by atoms with Gasteiger partial charge in [0.2, 0.25) is 10.0 Å². The van der Waals surface area contributed by atoms with Crippen LogP contribution >= 0.6 is 11.3 Å². The van der Waals surface area contributed by atoms with Crippen LogP contribution in [-0.4, -0.2) is 27.5 Å². The van der Waals surface area contributed by atoms with Crippen LogP contribution in [0, 0.1) is 13.8 Å². The first-order chi connectivity index (χ1) is 7.49. The Labute approximate surface area is 100 Å². The van der Waals surface area contributed by atoms with Crippen molar-refractivity contribution in [2.45, 2.75) is 31.2 Å². The fourth-order valence-corrected chi connectivity index (χ4v) is 4.74. The molecule has 0 amide bonds. The molecule has 1 aliphatic heterocycles. The number of nitrogens with one attached hydrogen (secondary N) is 2. The van der Waals surface area contributed by atoms with Crippen LogP contribution in [0.5, 0.6) is 0 Å². The second-order valence-electron chi connectivity index (χ2n) is 4.09. The number of hydrogen-bond acceptors (Lipinski definition) is 4. The first-order valence-corrected chi connectivity index (χ1v) is 7.59. The molecular weight excluding hydrogens is 244 g/mol. The van der Waals surface area contributed by atoms with Crippen LogP contribution in [0.1, 0.15) is 16.2 Å². The molecule has 4 nitrogen and oxygen atoms in total.